The van der Waals surface area contributed by atoms with Gasteiger partial charge < -0.3 is 55.6 Å². The number of nitrogens with zero attached hydrogens (tertiary/aromatic N) is 5. The number of hydrogen-bond donors (Lipinski definition) is 6. The van der Waals surface area contributed by atoms with Crippen molar-refractivity contribution in [1.29, 1.82) is 0 Å². The van der Waals surface area contributed by atoms with Crippen LogP contribution in [0.4, 0.5) is 0 Å². The molecule has 0 saturated heterocycles. The van der Waals surface area contributed by atoms with Crippen molar-refractivity contribution in [2.45, 2.75) is 27.6 Å². The van der Waals surface area contributed by atoms with Gasteiger partial charge in [0, 0.05) is 71.4 Å². The van der Waals surface area contributed by atoms with E-state index in [2.05, 4.69) is 111 Å². The van der Waals surface area contributed by atoms with Gasteiger partial charge in [0.05, 0.1) is 23.0 Å². The smallest absolute Gasteiger partial charge is 0.517 e. The van der Waals surface area contributed by atoms with Gasteiger partial charge in [-0.3, -0.25) is 0 Å². The molecule has 21 aromatic rings. The van der Waals surface area contributed by atoms with Crippen LogP contribution >= 0.6 is 0 Å². The Hall–Kier alpha value is -14.5. The van der Waals surface area contributed by atoms with Crippen molar-refractivity contribution < 1.29 is 144 Å². The fourth-order valence-corrected chi connectivity index (χ4v) is 13.0. The third-order valence-electron chi connectivity index (χ3n) is 20.0. The second-order valence-electron chi connectivity index (χ2n) is 29.6. The van der Waals surface area contributed by atoms with Crippen molar-refractivity contribution in [2.75, 3.05) is 0 Å². The number of aromatic nitrogens is 5. The maximum Gasteiger partial charge on any atom is 2.00 e. The van der Waals surface area contributed by atoms with Crippen LogP contribution in [0.5, 0.6) is 34.5 Å². The van der Waals surface area contributed by atoms with Crippen LogP contribution in [0.3, 0.4) is 0 Å². The molecule has 0 aliphatic heterocycles. The van der Waals surface area contributed by atoms with Gasteiger partial charge in [0.25, 0.3) is 0 Å². The van der Waals surface area contributed by atoms with Crippen LogP contribution in [-0.4, -0.2) is 55.6 Å². The summed E-state index contributed by atoms with van der Waals surface area (Å²) in [5, 5.41) is 57.3. The van der Waals surface area contributed by atoms with Crippen LogP contribution in [0.2, 0.25) is 0 Å². The van der Waals surface area contributed by atoms with Gasteiger partial charge in [0.1, 0.15) is 11.5 Å². The van der Waals surface area contributed by atoms with Crippen molar-refractivity contribution in [3.63, 3.8) is 0 Å². The molecule has 0 amide bonds. The zero-order valence-electron chi connectivity index (χ0n) is 82.2. The summed E-state index contributed by atoms with van der Waals surface area (Å²) in [4.78, 5) is 21.2. The molecule has 0 bridgehead atoms. The van der Waals surface area contributed by atoms with Gasteiger partial charge in [-0.15, -0.1) is 323 Å². The van der Waals surface area contributed by atoms with E-state index in [9.17, 15) is 30.6 Å². The number of rotatable bonds is 11. The predicted molar refractivity (Wildman–Crippen MR) is 552 cm³/mol. The van der Waals surface area contributed by atoms with E-state index in [1.165, 1.54) is 29.1 Å². The number of phenols is 6. The van der Waals surface area contributed by atoms with E-state index in [1.54, 1.807) is 104 Å². The molecule has 0 radical (unpaired) electrons. The zero-order chi connectivity index (χ0) is 99.9. The molecule has 0 atom stereocenters. The van der Waals surface area contributed by atoms with Gasteiger partial charge in [-0.1, -0.05) is 223 Å². The topological polar surface area (TPSA) is 186 Å². The first-order valence-electron chi connectivity index (χ1n) is 46.3. The Labute approximate surface area is 908 Å². The van der Waals surface area contributed by atoms with Gasteiger partial charge >= 0.3 is 84.3 Å². The molecule has 141 heavy (non-hydrogen) atoms. The third-order valence-corrected chi connectivity index (χ3v) is 20.0. The number of pyridine rings is 5. The van der Waals surface area contributed by atoms with E-state index in [-0.39, 0.29) is 122 Å². The number of hydrogen-bond acceptors (Lipinski definition) is 11. The zero-order valence-corrected chi connectivity index (χ0v) is 87.5. The Kier molecular flexibility index (Phi) is 46.5. The monoisotopic (exact) mass is 2750 g/mol. The predicted octanol–water partition coefficient (Wildman–Crippen LogP) is 29.8. The van der Waals surface area contributed by atoms with E-state index in [0.29, 0.717) is 39.7 Å². The summed E-state index contributed by atoms with van der Waals surface area (Å²) >= 11 is 0. The van der Waals surface area contributed by atoms with Crippen LogP contribution in [-0.2, 0) is 105 Å². The standard InChI is InChI=1S/C17H12N.C13H12N.2C12H10N.C12H10O2.4C12H9O.C11H8N.5Pt/c1-3-7-14(8-4-1)16-11-12-18-17(13-16)15-9-5-2-6-10-15;1-10-8-13(14-9-11(10)2)12-6-4-3-5-7-12;1-10-5-7-11(8-6-10)12-4-2-3-9-13-12;1-10-7-8-12(13-9-10)11-5-3-2-4-6-11;13-11-7-3-1-5-9(11)10-6-2-4-8-12(10)14;4*13-12-9-5-4-8-11(12)10-6-2-1-3-7-10;1-2-6-10(7-3-1)11-8-4-5-9-12-11;;;;;/h1-9,11-13H;3-6,8-9H,1-2H3;2-7,9H,1H3;2-5,7-9H,1H3;1-8,13-14H;4*1-6,8-9,13H;1-6,8-9H;;;;;/q4*-1;;5*-1;;4*+2/i;2D3;;1D3;;;;;;;;;;;. The summed E-state index contributed by atoms with van der Waals surface area (Å²) < 4.78 is 43.8. The van der Waals surface area contributed by atoms with E-state index in [4.69, 9.17) is 8.22 Å². The summed E-state index contributed by atoms with van der Waals surface area (Å²) in [6.45, 7) is -0.351. The first-order chi connectivity index (χ1) is 69.1. The minimum atomic E-state index is -2.10. The molecule has 16 aromatic carbocycles. The largest absolute Gasteiger partial charge is 2.00 e. The van der Waals surface area contributed by atoms with Crippen LogP contribution in [0.25, 0.3) is 123 Å². The molecule has 0 spiro atoms. The second-order valence-corrected chi connectivity index (χ2v) is 29.6. The van der Waals surface area contributed by atoms with Gasteiger partial charge in [0.15, 0.2) is 0 Å². The Balaban J connectivity index is 0.000000221. The molecular weight excluding hydrogens is 2640 g/mol. The maximum atomic E-state index is 9.58. The SMILES string of the molecule is Cc1c[c-]c(-c2ccccn2)cc1.Oc1ccccc1-c1[c-]cccc1.Oc1ccccc1-c1[c-]cccc1.Oc1ccccc1-c1[c-]cccc1.Oc1ccccc1-c1[c-]cccc1.Oc1ccccc1-c1ccccc1O.[2H]C([2H])([2H])c1ccc(-c2[c-]cccc2)nc1.[2H]C([2H])([2H])c1cnc(-c2[c-]cccc2)cc1C.[Pt+2].[Pt+2].[Pt+2].[Pt+2].[Pt].[c-]1ccccc1-c1cc(-c2ccccc2)ccn1.[c-]1ccccc1-c1ccccn1. The molecular formula is C125H98N5O6Pt5-. The van der Waals surface area contributed by atoms with Gasteiger partial charge in [-0.25, -0.2) is 0 Å². The molecule has 0 aliphatic rings. The molecule has 0 unspecified atom stereocenters. The van der Waals surface area contributed by atoms with Gasteiger partial charge in [-0.05, 0) is 126 Å². The first kappa shape index (κ1) is 104. The van der Waals surface area contributed by atoms with Crippen LogP contribution < -0.4 is 0 Å². The molecule has 0 fully saturated rings. The number of benzene rings is 16. The Morgan fingerprint density at radius 1 is 0.206 bits per heavy atom. The van der Waals surface area contributed by atoms with Crippen LogP contribution in [0.15, 0.2) is 486 Å². The van der Waals surface area contributed by atoms with E-state index in [1.807, 2.05) is 352 Å². The second kappa shape index (κ2) is 63.2. The van der Waals surface area contributed by atoms with Gasteiger partial charge in [-0.2, -0.15) is 0 Å². The number of phenolic OH excluding ortho intramolecular Hbond substituents is 6. The summed E-state index contributed by atoms with van der Waals surface area (Å²) in [6.07, 6.45) is 8.25. The molecule has 11 nitrogen and oxygen atoms in total. The number of aryl methyl sites for hydroxylation is 4. The summed E-state index contributed by atoms with van der Waals surface area (Å²) in [5.41, 5.74) is 22.4. The summed E-state index contributed by atoms with van der Waals surface area (Å²) in [7, 11) is 0. The van der Waals surface area contributed by atoms with Crippen molar-refractivity contribution in [1.82, 2.24) is 24.9 Å². The number of para-hydroxylation sites is 6. The van der Waals surface area contributed by atoms with Crippen LogP contribution in [0, 0.1) is 82.1 Å². The van der Waals surface area contributed by atoms with Crippen molar-refractivity contribution >= 4 is 0 Å². The Bertz CT molecular complexity index is 6840. The average molecular weight is 2750 g/mol. The third kappa shape index (κ3) is 37.3. The van der Waals surface area contributed by atoms with Crippen molar-refractivity contribution in [2.24, 2.45) is 0 Å². The minimum absolute atomic E-state index is 0. The average Bonchev–Trinajstić information content (AvgIpc) is 0.812. The Morgan fingerprint density at radius 2 is 0.489 bits per heavy atom. The van der Waals surface area contributed by atoms with Gasteiger partial charge in [0.2, 0.25) is 0 Å². The fraction of sp³-hybridized carbons (Fsp3) is 0.0320. The van der Waals surface area contributed by atoms with Crippen molar-refractivity contribution in [3.8, 4) is 158 Å². The van der Waals surface area contributed by atoms with E-state index in [0.717, 1.165) is 106 Å². The normalized spacial score (nSPS) is 10.4. The number of aromatic hydroxyl groups is 6. The first-order valence-corrected chi connectivity index (χ1v) is 43.3. The molecule has 5 aromatic heterocycles. The minimum Gasteiger partial charge on any atom is -0.517 e. The molecule has 6 N–H and O–H groups in total. The maximum absolute atomic E-state index is 9.58. The molecule has 0 saturated carbocycles. The van der Waals surface area contributed by atoms with E-state index >= 15 is 0 Å². The quantitative estimate of drug-likeness (QED) is 0.0677. The van der Waals surface area contributed by atoms with Crippen LogP contribution in [0.1, 0.15) is 30.5 Å². The fourth-order valence-electron chi connectivity index (χ4n) is 13.0. The molecule has 5 heterocycles. The van der Waals surface area contributed by atoms with E-state index < -0.39 is 13.7 Å². The van der Waals surface area contributed by atoms with Crippen molar-refractivity contribution in [3.05, 3.63) is 563 Å². The summed E-state index contributed by atoms with van der Waals surface area (Å²) in [5.74, 6) is 1.54. The summed E-state index contributed by atoms with van der Waals surface area (Å²) in [6, 6.07) is 169. The molecule has 16 heteroatoms. The molecule has 21 rings (SSSR count). The Morgan fingerprint density at radius 3 is 0.780 bits per heavy atom. The molecule has 0 aliphatic carbocycles. The molecule has 710 valence electrons.